The van der Waals surface area contributed by atoms with Crippen LogP contribution in [0.4, 0.5) is 0 Å². The summed E-state index contributed by atoms with van der Waals surface area (Å²) in [5, 5.41) is 19.3. The average molecular weight is 424 g/mol. The normalized spacial score (nSPS) is 12.8. The lowest BCUT2D eigenvalue weighted by molar-refractivity contribution is 0.0956. The third-order valence-corrected chi connectivity index (χ3v) is 4.92. The first-order chi connectivity index (χ1) is 14.4. The second-order valence-corrected chi connectivity index (χ2v) is 7.03. The highest BCUT2D eigenvalue weighted by molar-refractivity contribution is 6.31. The van der Waals surface area contributed by atoms with Gasteiger partial charge in [-0.15, -0.1) is 0 Å². The molecule has 5 N–H and O–H groups in total. The van der Waals surface area contributed by atoms with E-state index < -0.39 is 12.0 Å². The van der Waals surface area contributed by atoms with Gasteiger partial charge in [0, 0.05) is 52.7 Å². The van der Waals surface area contributed by atoms with Gasteiger partial charge < -0.3 is 15.8 Å². The van der Waals surface area contributed by atoms with Crippen LogP contribution < -0.4 is 11.2 Å². The van der Waals surface area contributed by atoms with E-state index >= 15 is 0 Å². The number of nitrogens with zero attached hydrogens (tertiary/aromatic N) is 4. The summed E-state index contributed by atoms with van der Waals surface area (Å²) in [4.78, 5) is 20.0. The number of amidine groups is 1. The van der Waals surface area contributed by atoms with Crippen molar-refractivity contribution in [3.05, 3.63) is 71.3 Å². The lowest BCUT2D eigenvalue weighted by atomic mass is 10.1. The zero-order chi connectivity index (χ0) is 21.3. The van der Waals surface area contributed by atoms with Gasteiger partial charge in [0.2, 0.25) is 0 Å². The minimum Gasteiger partial charge on any atom is -0.383 e. The number of carbonyl (C=O) groups is 1. The molecule has 0 fully saturated rings. The number of fused-ring (bicyclic) bond motifs is 1. The number of benzene rings is 1. The predicted octanol–water partition coefficient (Wildman–Crippen LogP) is 2.35. The molecule has 0 aliphatic rings. The number of H-pyrrole nitrogens is 1. The van der Waals surface area contributed by atoms with Crippen LogP contribution in [0.2, 0.25) is 5.02 Å². The van der Waals surface area contributed by atoms with Gasteiger partial charge in [-0.1, -0.05) is 29.8 Å². The number of aryl methyl sites for hydroxylation is 1. The Balaban J connectivity index is 1.57. The molecule has 30 heavy (non-hydrogen) atoms. The largest absolute Gasteiger partial charge is 0.383 e. The molecule has 1 unspecified atom stereocenters. The molecule has 0 bridgehead atoms. The molecule has 1 amide bonds. The van der Waals surface area contributed by atoms with Crippen LogP contribution in [0.25, 0.3) is 22.2 Å². The third-order valence-electron chi connectivity index (χ3n) is 4.58. The van der Waals surface area contributed by atoms with Gasteiger partial charge in [-0.05, 0) is 12.1 Å². The monoisotopic (exact) mass is 423 g/mol. The Labute approximate surface area is 176 Å². The first-order valence-corrected chi connectivity index (χ1v) is 9.34. The number of hydrazone groups is 1. The van der Waals surface area contributed by atoms with Gasteiger partial charge in [-0.3, -0.25) is 9.48 Å². The summed E-state index contributed by atoms with van der Waals surface area (Å²) in [6, 6.07) is 8.55. The number of aliphatic hydroxyl groups excluding tert-OH is 1. The van der Waals surface area contributed by atoms with E-state index in [0.717, 1.165) is 11.1 Å². The quantitative estimate of drug-likeness (QED) is 0.222. The highest BCUT2D eigenvalue weighted by Gasteiger charge is 2.17. The predicted molar refractivity (Wildman–Crippen MR) is 114 cm³/mol. The zero-order valence-electron chi connectivity index (χ0n) is 15.9. The molecule has 1 aromatic carbocycles. The number of amides is 1. The molecule has 0 aliphatic carbocycles. The molecule has 1 atom stereocenters. The Morgan fingerprint density at radius 2 is 2.13 bits per heavy atom. The van der Waals surface area contributed by atoms with E-state index in [1.165, 1.54) is 6.20 Å². The van der Waals surface area contributed by atoms with Gasteiger partial charge in [0.25, 0.3) is 5.91 Å². The van der Waals surface area contributed by atoms with Crippen molar-refractivity contribution in [2.24, 2.45) is 17.9 Å². The fourth-order valence-electron chi connectivity index (χ4n) is 3.01. The van der Waals surface area contributed by atoms with Crippen molar-refractivity contribution in [2.75, 3.05) is 0 Å². The number of aromatic amines is 1. The number of aromatic nitrogens is 4. The Morgan fingerprint density at radius 1 is 1.33 bits per heavy atom. The van der Waals surface area contributed by atoms with Gasteiger partial charge >= 0.3 is 0 Å². The lowest BCUT2D eigenvalue weighted by Crippen LogP contribution is -2.28. The summed E-state index contributed by atoms with van der Waals surface area (Å²) in [6.45, 7) is 0. The standard InChI is InChI=1S/C20H18ClN7O2/c1-28-10-12(8-25-28)11-6-14-15(9-24-19(14)23-7-11)20(30)27-26-18(22)17(29)13-4-2-3-5-16(13)21/h2-10,17,29H,1H3,(H2,22,26)(H,23,24)(H,27,30). The molecule has 0 saturated carbocycles. The van der Waals surface area contributed by atoms with Crippen LogP contribution in [0, 0.1) is 0 Å². The van der Waals surface area contributed by atoms with E-state index in [4.69, 9.17) is 17.3 Å². The topological polar surface area (TPSA) is 134 Å². The van der Waals surface area contributed by atoms with Crippen molar-refractivity contribution < 1.29 is 9.90 Å². The summed E-state index contributed by atoms with van der Waals surface area (Å²) < 4.78 is 1.69. The van der Waals surface area contributed by atoms with Crippen molar-refractivity contribution in [3.8, 4) is 11.1 Å². The summed E-state index contributed by atoms with van der Waals surface area (Å²) in [5.74, 6) is -0.689. The van der Waals surface area contributed by atoms with Gasteiger partial charge in [0.05, 0.1) is 11.8 Å². The molecule has 0 radical (unpaired) electrons. The highest BCUT2D eigenvalue weighted by Crippen LogP contribution is 2.25. The van der Waals surface area contributed by atoms with Gasteiger partial charge in [-0.2, -0.15) is 10.2 Å². The van der Waals surface area contributed by atoms with Gasteiger partial charge in [-0.25, -0.2) is 10.4 Å². The van der Waals surface area contributed by atoms with Crippen molar-refractivity contribution in [2.45, 2.75) is 6.10 Å². The van der Waals surface area contributed by atoms with E-state index in [0.29, 0.717) is 27.2 Å². The lowest BCUT2D eigenvalue weighted by Gasteiger charge is -2.12. The first-order valence-electron chi connectivity index (χ1n) is 8.96. The molecular formula is C20H18ClN7O2. The van der Waals surface area contributed by atoms with E-state index in [1.54, 1.807) is 41.3 Å². The Hall–Kier alpha value is -3.69. The van der Waals surface area contributed by atoms with Crippen LogP contribution in [0.15, 0.2) is 60.2 Å². The Morgan fingerprint density at radius 3 is 2.87 bits per heavy atom. The molecule has 4 rings (SSSR count). The van der Waals surface area contributed by atoms with Crippen LogP contribution in [0.5, 0.6) is 0 Å². The molecule has 3 aromatic heterocycles. The fraction of sp³-hybridized carbons (Fsp3) is 0.100. The van der Waals surface area contributed by atoms with Gasteiger partial charge in [0.1, 0.15) is 11.8 Å². The molecule has 3 heterocycles. The highest BCUT2D eigenvalue weighted by atomic mass is 35.5. The minimum absolute atomic E-state index is 0.189. The zero-order valence-corrected chi connectivity index (χ0v) is 16.6. The van der Waals surface area contributed by atoms with E-state index in [9.17, 15) is 9.90 Å². The maximum absolute atomic E-state index is 12.7. The average Bonchev–Trinajstić information content (AvgIpc) is 3.37. The number of nitrogens with two attached hydrogens (primary N) is 1. The number of aliphatic hydroxyl groups is 1. The number of pyridine rings is 1. The van der Waals surface area contributed by atoms with Crippen LogP contribution >= 0.6 is 11.6 Å². The third kappa shape index (κ3) is 3.76. The molecule has 10 heteroatoms. The van der Waals surface area contributed by atoms with E-state index in [1.807, 2.05) is 19.3 Å². The molecule has 152 valence electrons. The number of carbonyl (C=O) groups excluding carboxylic acids is 1. The van der Waals surface area contributed by atoms with Crippen molar-refractivity contribution in [1.82, 2.24) is 25.2 Å². The summed E-state index contributed by atoms with van der Waals surface area (Å²) >= 11 is 6.06. The van der Waals surface area contributed by atoms with Crippen molar-refractivity contribution >= 4 is 34.4 Å². The second kappa shape index (κ2) is 7.97. The number of hydrogen-bond acceptors (Lipinski definition) is 5. The molecular weight excluding hydrogens is 406 g/mol. The number of hydrogen-bond donors (Lipinski definition) is 4. The van der Waals surface area contributed by atoms with E-state index in [-0.39, 0.29) is 5.84 Å². The van der Waals surface area contributed by atoms with Crippen LogP contribution in [0.1, 0.15) is 22.0 Å². The number of halogens is 1. The number of rotatable bonds is 5. The first kappa shape index (κ1) is 19.6. The molecule has 9 nitrogen and oxygen atoms in total. The maximum atomic E-state index is 12.7. The maximum Gasteiger partial charge on any atom is 0.273 e. The second-order valence-electron chi connectivity index (χ2n) is 6.63. The Bertz CT molecular complexity index is 1260. The smallest absolute Gasteiger partial charge is 0.273 e. The fourth-order valence-corrected chi connectivity index (χ4v) is 3.25. The van der Waals surface area contributed by atoms with Crippen LogP contribution in [-0.4, -0.2) is 36.6 Å². The van der Waals surface area contributed by atoms with Crippen LogP contribution in [-0.2, 0) is 7.05 Å². The SMILES string of the molecule is Cn1cc(-c2cnc3[nH]cc(C(=O)NN=C(N)C(O)c4ccccc4Cl)c3c2)cn1. The number of nitrogens with one attached hydrogen (secondary N) is 2. The van der Waals surface area contributed by atoms with E-state index in [2.05, 4.69) is 25.6 Å². The summed E-state index contributed by atoms with van der Waals surface area (Å²) in [6.07, 6.45) is 5.57. The molecule has 0 spiro atoms. The van der Waals surface area contributed by atoms with Gasteiger partial charge in [0.15, 0.2) is 5.84 Å². The van der Waals surface area contributed by atoms with Crippen molar-refractivity contribution in [1.29, 1.82) is 0 Å². The molecule has 0 saturated heterocycles. The van der Waals surface area contributed by atoms with Crippen LogP contribution in [0.3, 0.4) is 0 Å². The summed E-state index contributed by atoms with van der Waals surface area (Å²) in [7, 11) is 1.82. The Kier molecular flexibility index (Phi) is 5.21. The molecule has 0 aliphatic heterocycles. The summed E-state index contributed by atoms with van der Waals surface area (Å²) in [5.41, 5.74) is 11.2. The minimum atomic E-state index is -1.25. The van der Waals surface area contributed by atoms with Crippen molar-refractivity contribution in [3.63, 3.8) is 0 Å². The molecule has 4 aromatic rings.